The number of nitrogens with zero attached hydrogens (tertiary/aromatic N) is 1. The van der Waals surface area contributed by atoms with E-state index in [1.807, 2.05) is 16.4 Å². The maximum Gasteiger partial charge on any atom is 0.268 e. The minimum Gasteiger partial charge on any atom is -0.286 e. The van der Waals surface area contributed by atoms with Gasteiger partial charge in [-0.05, 0) is 26.0 Å². The first-order valence-electron chi connectivity index (χ1n) is 4.60. The lowest BCUT2D eigenvalue weighted by Crippen LogP contribution is -2.11. The topological polar surface area (TPSA) is 37.8 Å². The van der Waals surface area contributed by atoms with E-state index in [4.69, 9.17) is 0 Å². The van der Waals surface area contributed by atoms with Crippen molar-refractivity contribution in [3.05, 3.63) is 21.6 Å². The normalized spacial score (nSPS) is 16.2. The Morgan fingerprint density at radius 2 is 2.31 bits per heavy atom. The van der Waals surface area contributed by atoms with Crippen LogP contribution >= 0.6 is 11.8 Å². The van der Waals surface area contributed by atoms with Gasteiger partial charge in [0, 0.05) is 23.1 Å². The molecular formula is C9H14N2OS. The van der Waals surface area contributed by atoms with Gasteiger partial charge in [-0.15, -0.1) is 0 Å². The summed E-state index contributed by atoms with van der Waals surface area (Å²) in [5, 5.41) is 2.90. The molecule has 1 aliphatic heterocycles. The van der Waals surface area contributed by atoms with Crippen molar-refractivity contribution in [2.45, 2.75) is 32.1 Å². The van der Waals surface area contributed by atoms with Crippen molar-refractivity contribution in [1.29, 1.82) is 0 Å². The predicted octanol–water partition coefficient (Wildman–Crippen LogP) is 1.55. The molecule has 2 heterocycles. The van der Waals surface area contributed by atoms with E-state index in [-0.39, 0.29) is 5.56 Å². The fourth-order valence-electron chi connectivity index (χ4n) is 1.72. The molecule has 0 atom stereocenters. The lowest BCUT2D eigenvalue weighted by atomic mass is 10.2. The van der Waals surface area contributed by atoms with Crippen molar-refractivity contribution in [3.63, 3.8) is 0 Å². The van der Waals surface area contributed by atoms with E-state index in [1.54, 1.807) is 0 Å². The highest BCUT2D eigenvalue weighted by molar-refractivity contribution is 7.98. The number of fused-ring (bicyclic) bond motifs is 1. The van der Waals surface area contributed by atoms with Gasteiger partial charge in [0.2, 0.25) is 0 Å². The van der Waals surface area contributed by atoms with Crippen LogP contribution < -0.4 is 5.56 Å². The van der Waals surface area contributed by atoms with E-state index in [2.05, 4.69) is 18.9 Å². The number of nitrogens with one attached hydrogen (secondary N) is 1. The Hall–Kier alpha value is -0.640. The molecule has 1 aliphatic rings. The maximum absolute atomic E-state index is 11.5. The molecule has 0 unspecified atom stereocenters. The van der Waals surface area contributed by atoms with Gasteiger partial charge in [-0.3, -0.25) is 14.6 Å². The predicted molar refractivity (Wildman–Crippen MR) is 55.3 cm³/mol. The van der Waals surface area contributed by atoms with Crippen LogP contribution in [0.1, 0.15) is 31.1 Å². The van der Waals surface area contributed by atoms with Crippen LogP contribution in [-0.2, 0) is 12.2 Å². The molecule has 13 heavy (non-hydrogen) atoms. The first kappa shape index (κ1) is 8.94. The number of aromatic amines is 1. The van der Waals surface area contributed by atoms with E-state index in [0.29, 0.717) is 6.04 Å². The van der Waals surface area contributed by atoms with Crippen LogP contribution in [0.5, 0.6) is 0 Å². The highest BCUT2D eigenvalue weighted by atomic mass is 32.2. The molecule has 0 radical (unpaired) electrons. The fourth-order valence-corrected chi connectivity index (χ4v) is 2.71. The summed E-state index contributed by atoms with van der Waals surface area (Å²) in [6.07, 6.45) is 1.02. The molecule has 0 saturated carbocycles. The van der Waals surface area contributed by atoms with Crippen LogP contribution in [0, 0.1) is 0 Å². The van der Waals surface area contributed by atoms with E-state index in [1.165, 1.54) is 5.69 Å². The second kappa shape index (κ2) is 3.25. The molecule has 3 nitrogen and oxygen atoms in total. The van der Waals surface area contributed by atoms with Crippen LogP contribution in [0.4, 0.5) is 0 Å². The number of aromatic nitrogens is 2. The van der Waals surface area contributed by atoms with E-state index in [9.17, 15) is 4.79 Å². The SMILES string of the molecule is CC(C)n1[nH]c(=O)c2c1CCSC2. The summed E-state index contributed by atoms with van der Waals surface area (Å²) < 4.78 is 2.01. The standard InChI is InChI=1S/C9H14N2OS/c1-6(2)11-8-3-4-13-5-7(8)9(12)10-11/h6H,3-5H2,1-2H3,(H,10,12). The Kier molecular flexibility index (Phi) is 2.24. The molecule has 1 aromatic heterocycles. The van der Waals surface area contributed by atoms with E-state index in [0.717, 1.165) is 23.5 Å². The van der Waals surface area contributed by atoms with Gasteiger partial charge in [0.15, 0.2) is 0 Å². The van der Waals surface area contributed by atoms with Crippen molar-refractivity contribution in [2.24, 2.45) is 0 Å². The number of rotatable bonds is 1. The number of thioether (sulfide) groups is 1. The Morgan fingerprint density at radius 3 is 3.00 bits per heavy atom. The van der Waals surface area contributed by atoms with E-state index < -0.39 is 0 Å². The van der Waals surface area contributed by atoms with Crippen molar-refractivity contribution < 1.29 is 0 Å². The van der Waals surface area contributed by atoms with Crippen molar-refractivity contribution in [2.75, 3.05) is 5.75 Å². The highest BCUT2D eigenvalue weighted by Crippen LogP contribution is 2.23. The van der Waals surface area contributed by atoms with Gasteiger partial charge in [0.25, 0.3) is 5.56 Å². The first-order valence-corrected chi connectivity index (χ1v) is 5.75. The summed E-state index contributed by atoms with van der Waals surface area (Å²) in [7, 11) is 0. The van der Waals surface area contributed by atoms with Crippen molar-refractivity contribution in [3.8, 4) is 0 Å². The van der Waals surface area contributed by atoms with Crippen molar-refractivity contribution in [1.82, 2.24) is 9.78 Å². The molecule has 0 fully saturated rings. The molecule has 1 N–H and O–H groups in total. The van der Waals surface area contributed by atoms with Crippen molar-refractivity contribution >= 4 is 11.8 Å². The summed E-state index contributed by atoms with van der Waals surface area (Å²) in [5.41, 5.74) is 2.32. The summed E-state index contributed by atoms with van der Waals surface area (Å²) in [5.74, 6) is 2.02. The summed E-state index contributed by atoms with van der Waals surface area (Å²) >= 11 is 1.84. The molecule has 72 valence electrons. The second-order valence-corrected chi connectivity index (χ2v) is 4.74. The third-order valence-electron chi connectivity index (χ3n) is 2.38. The quantitative estimate of drug-likeness (QED) is 0.743. The molecule has 0 spiro atoms. The summed E-state index contributed by atoms with van der Waals surface area (Å²) in [6.45, 7) is 4.19. The Bertz CT molecular complexity index is 364. The van der Waals surface area contributed by atoms with Crippen LogP contribution in [-0.4, -0.2) is 15.5 Å². The first-order chi connectivity index (χ1) is 6.20. The monoisotopic (exact) mass is 198 g/mol. The zero-order chi connectivity index (χ0) is 9.42. The number of hydrogen-bond acceptors (Lipinski definition) is 2. The van der Waals surface area contributed by atoms with Gasteiger partial charge < -0.3 is 0 Å². The van der Waals surface area contributed by atoms with Gasteiger partial charge in [0.1, 0.15) is 0 Å². The lowest BCUT2D eigenvalue weighted by molar-refractivity contribution is 0.508. The Balaban J connectivity index is 2.54. The third kappa shape index (κ3) is 1.43. The molecule has 0 aromatic carbocycles. The summed E-state index contributed by atoms with van der Waals surface area (Å²) in [4.78, 5) is 11.5. The molecular weight excluding hydrogens is 184 g/mol. The minimum atomic E-state index is 0.107. The van der Waals surface area contributed by atoms with Crippen LogP contribution in [0.3, 0.4) is 0 Å². The van der Waals surface area contributed by atoms with Gasteiger partial charge >= 0.3 is 0 Å². The average molecular weight is 198 g/mol. The van der Waals surface area contributed by atoms with Crippen LogP contribution in [0.15, 0.2) is 4.79 Å². The molecule has 0 aliphatic carbocycles. The highest BCUT2D eigenvalue weighted by Gasteiger charge is 2.19. The third-order valence-corrected chi connectivity index (χ3v) is 3.37. The molecule has 4 heteroatoms. The van der Waals surface area contributed by atoms with Gasteiger partial charge in [0.05, 0.1) is 0 Å². The van der Waals surface area contributed by atoms with Gasteiger partial charge in [-0.25, -0.2) is 0 Å². The zero-order valence-corrected chi connectivity index (χ0v) is 8.78. The molecule has 2 rings (SSSR count). The summed E-state index contributed by atoms with van der Waals surface area (Å²) in [6, 6.07) is 0.361. The average Bonchev–Trinajstić information content (AvgIpc) is 2.45. The maximum atomic E-state index is 11.5. The zero-order valence-electron chi connectivity index (χ0n) is 7.96. The van der Waals surface area contributed by atoms with Crippen LogP contribution in [0.25, 0.3) is 0 Å². The fraction of sp³-hybridized carbons (Fsp3) is 0.667. The Morgan fingerprint density at radius 1 is 1.54 bits per heavy atom. The second-order valence-electron chi connectivity index (χ2n) is 3.63. The van der Waals surface area contributed by atoms with Gasteiger partial charge in [-0.2, -0.15) is 11.8 Å². The molecule has 1 aromatic rings. The largest absolute Gasteiger partial charge is 0.286 e. The lowest BCUT2D eigenvalue weighted by Gasteiger charge is -2.15. The number of H-pyrrole nitrogens is 1. The van der Waals surface area contributed by atoms with Crippen LogP contribution in [0.2, 0.25) is 0 Å². The smallest absolute Gasteiger partial charge is 0.268 e. The number of hydrogen-bond donors (Lipinski definition) is 1. The Labute approximate surface area is 81.5 Å². The molecule has 0 amide bonds. The molecule has 0 saturated heterocycles. The van der Waals surface area contributed by atoms with E-state index >= 15 is 0 Å². The molecule has 0 bridgehead atoms. The minimum absolute atomic E-state index is 0.107. The van der Waals surface area contributed by atoms with Gasteiger partial charge in [-0.1, -0.05) is 0 Å².